The maximum Gasteiger partial charge on any atom is 0.309 e. The van der Waals surface area contributed by atoms with Gasteiger partial charge in [-0.2, -0.15) is 0 Å². The van der Waals surface area contributed by atoms with Crippen molar-refractivity contribution in [1.29, 1.82) is 0 Å². The van der Waals surface area contributed by atoms with Crippen molar-refractivity contribution in [1.82, 2.24) is 16.0 Å². The summed E-state index contributed by atoms with van der Waals surface area (Å²) in [4.78, 5) is 87.6. The quantitative estimate of drug-likeness (QED) is 0.0288. The van der Waals surface area contributed by atoms with Crippen molar-refractivity contribution in [2.45, 2.75) is 237 Å². The van der Waals surface area contributed by atoms with Crippen molar-refractivity contribution in [3.8, 4) is 0 Å². The number of carbonyl (C=O) groups excluding carboxylic acids is 7. The Kier molecular flexibility index (Phi) is 31.3. The highest BCUT2D eigenvalue weighted by Crippen LogP contribution is 2.25. The smallest absolute Gasteiger partial charge is 0.309 e. The molecule has 1 aliphatic heterocycles. The van der Waals surface area contributed by atoms with E-state index in [-0.39, 0.29) is 31.7 Å². The molecular formula is C46H82N4O14. The van der Waals surface area contributed by atoms with Gasteiger partial charge in [-0.15, -0.1) is 0 Å². The predicted molar refractivity (Wildman–Crippen MR) is 238 cm³/mol. The average Bonchev–Trinajstić information content (AvgIpc) is 3.24. The first-order chi connectivity index (χ1) is 30.5. The number of unbranched alkanes of at least 4 members (excludes halogenated alkanes) is 16. The van der Waals surface area contributed by atoms with Gasteiger partial charge in [0, 0.05) is 19.8 Å². The summed E-state index contributed by atoms with van der Waals surface area (Å²) in [6.45, 7) is 7.64. The van der Waals surface area contributed by atoms with Crippen molar-refractivity contribution in [3.63, 3.8) is 0 Å². The lowest BCUT2D eigenvalue weighted by molar-refractivity contribution is -0.267. The molecule has 1 rings (SSSR count). The minimum Gasteiger partial charge on any atom is -0.469 e. The molecule has 1 fully saturated rings. The first kappa shape index (κ1) is 58.1. The molecule has 1 heterocycles. The maximum absolute atomic E-state index is 13.2. The second-order valence-electron chi connectivity index (χ2n) is 17.0. The lowest BCUT2D eigenvalue weighted by Crippen LogP contribution is -2.66. The van der Waals surface area contributed by atoms with E-state index < -0.39 is 97.1 Å². The molecule has 18 nitrogen and oxygen atoms in total. The minimum absolute atomic E-state index is 0.133. The van der Waals surface area contributed by atoms with Crippen molar-refractivity contribution >= 4 is 41.5 Å². The Morgan fingerprint density at radius 2 is 1.23 bits per heavy atom. The summed E-state index contributed by atoms with van der Waals surface area (Å²) in [6.07, 6.45) is 11.7. The van der Waals surface area contributed by atoms with Crippen LogP contribution in [-0.4, -0.2) is 120 Å². The summed E-state index contributed by atoms with van der Waals surface area (Å²) in [6, 6.07) is -3.81. The van der Waals surface area contributed by atoms with E-state index in [1.165, 1.54) is 92.1 Å². The summed E-state index contributed by atoms with van der Waals surface area (Å²) in [5, 5.41) is 29.6. The highest BCUT2D eigenvalue weighted by atomic mass is 16.6. The number of amides is 4. The summed E-state index contributed by atoms with van der Waals surface area (Å²) < 4.78 is 27.3. The highest BCUT2D eigenvalue weighted by Gasteiger charge is 2.47. The van der Waals surface area contributed by atoms with E-state index in [0.717, 1.165) is 44.9 Å². The second kappa shape index (κ2) is 34.5. The van der Waals surface area contributed by atoms with Crippen molar-refractivity contribution in [2.24, 2.45) is 5.73 Å². The van der Waals surface area contributed by atoms with Gasteiger partial charge in [0.2, 0.25) is 23.6 Å². The van der Waals surface area contributed by atoms with Crippen LogP contribution in [0, 0.1) is 0 Å². The molecule has 0 aliphatic carbocycles. The molecule has 9 atom stereocenters. The summed E-state index contributed by atoms with van der Waals surface area (Å²) in [5.74, 6) is -4.84. The number of nitrogens with two attached hydrogens (primary N) is 1. The second-order valence-corrected chi connectivity index (χ2v) is 17.0. The normalized spacial score (nSPS) is 20.2. The van der Waals surface area contributed by atoms with Gasteiger partial charge >= 0.3 is 17.9 Å². The van der Waals surface area contributed by atoms with Crippen LogP contribution in [0.15, 0.2) is 0 Å². The van der Waals surface area contributed by atoms with E-state index in [4.69, 9.17) is 24.7 Å². The first-order valence-corrected chi connectivity index (χ1v) is 23.8. The molecule has 0 radical (unpaired) electrons. The van der Waals surface area contributed by atoms with Gasteiger partial charge in [-0.05, 0) is 39.5 Å². The lowest BCUT2D eigenvalue weighted by atomic mass is 9.96. The third kappa shape index (κ3) is 25.6. The van der Waals surface area contributed by atoms with Crippen LogP contribution in [0.2, 0.25) is 0 Å². The van der Waals surface area contributed by atoms with Crippen LogP contribution in [0.3, 0.4) is 0 Å². The number of carbonyl (C=O) groups is 7. The van der Waals surface area contributed by atoms with E-state index in [0.29, 0.717) is 12.8 Å². The van der Waals surface area contributed by atoms with Crippen LogP contribution in [0.5, 0.6) is 0 Å². The van der Waals surface area contributed by atoms with Crippen molar-refractivity contribution in [2.75, 3.05) is 13.7 Å². The van der Waals surface area contributed by atoms with Crippen LogP contribution in [0.4, 0.5) is 0 Å². The molecule has 4 amide bonds. The zero-order chi connectivity index (χ0) is 47.9. The molecule has 0 bridgehead atoms. The van der Waals surface area contributed by atoms with Gasteiger partial charge in [0.25, 0.3) is 0 Å². The fourth-order valence-electron chi connectivity index (χ4n) is 7.39. The third-order valence-electron chi connectivity index (χ3n) is 11.3. The topological polar surface area (TPSA) is 268 Å². The number of esters is 3. The predicted octanol–water partition coefficient (Wildman–Crippen LogP) is 4.46. The van der Waals surface area contributed by atoms with E-state index in [2.05, 4.69) is 34.5 Å². The molecule has 0 aromatic heterocycles. The molecule has 2 unspecified atom stereocenters. The fraction of sp³-hybridized carbons (Fsp3) is 0.848. The molecule has 1 saturated heterocycles. The zero-order valence-electron chi connectivity index (χ0n) is 39.5. The van der Waals surface area contributed by atoms with Gasteiger partial charge in [-0.3, -0.25) is 33.6 Å². The van der Waals surface area contributed by atoms with Gasteiger partial charge in [0.15, 0.2) is 6.29 Å². The molecule has 0 saturated carbocycles. The van der Waals surface area contributed by atoms with E-state index >= 15 is 0 Å². The molecule has 18 heteroatoms. The van der Waals surface area contributed by atoms with Crippen molar-refractivity contribution < 1.29 is 67.5 Å². The number of hydrogen-bond donors (Lipinski definition) is 6. The molecular weight excluding hydrogens is 833 g/mol. The zero-order valence-corrected chi connectivity index (χ0v) is 39.5. The first-order valence-electron chi connectivity index (χ1n) is 23.8. The number of primary amides is 1. The van der Waals surface area contributed by atoms with E-state index in [1.54, 1.807) is 0 Å². The maximum atomic E-state index is 13.2. The van der Waals surface area contributed by atoms with Gasteiger partial charge in [0.05, 0.1) is 13.5 Å². The van der Waals surface area contributed by atoms with Crippen LogP contribution < -0.4 is 21.7 Å². The monoisotopic (exact) mass is 915 g/mol. The van der Waals surface area contributed by atoms with Gasteiger partial charge in [0.1, 0.15) is 55.3 Å². The number of nitrogens with one attached hydrogen (secondary N) is 3. The average molecular weight is 915 g/mol. The Morgan fingerprint density at radius 3 is 1.77 bits per heavy atom. The highest BCUT2D eigenvalue weighted by molar-refractivity contribution is 5.92. The standard InChI is InChI=1S/C46H82N4O14/c1-7-9-11-13-15-17-19-21-23-25-34(63-38(53)26-24-22-20-18-16-14-12-10-8-2)29-39(54)61-30-36-41(55)42(40(46(59)64-36)49-33(5)51)62-32(4)45(58)48-31(3)44(57)50-35(43(47)56)27-28-37(52)60-6/h31-32,34-36,40-42,46,55,59H,7-30H2,1-6H3,(H2,47,56)(H,48,58)(H,49,51)(H,50,57)/t31-,32?,34+,35+,36+,40+,41+,42-,46?/m0/s1. The summed E-state index contributed by atoms with van der Waals surface area (Å²) in [5.41, 5.74) is 5.36. The van der Waals surface area contributed by atoms with Crippen LogP contribution >= 0.6 is 0 Å². The fourth-order valence-corrected chi connectivity index (χ4v) is 7.39. The van der Waals surface area contributed by atoms with Crippen LogP contribution in [0.1, 0.15) is 182 Å². The number of methoxy groups -OCH3 is 1. The van der Waals surface area contributed by atoms with Crippen molar-refractivity contribution in [3.05, 3.63) is 0 Å². The molecule has 0 spiro atoms. The van der Waals surface area contributed by atoms with Gasteiger partial charge < -0.3 is 55.6 Å². The number of aliphatic hydroxyl groups is 2. The molecule has 0 aromatic carbocycles. The Morgan fingerprint density at radius 1 is 0.688 bits per heavy atom. The number of ether oxygens (including phenoxy) is 5. The summed E-state index contributed by atoms with van der Waals surface area (Å²) >= 11 is 0. The summed E-state index contributed by atoms with van der Waals surface area (Å²) in [7, 11) is 1.17. The van der Waals surface area contributed by atoms with Gasteiger partial charge in [-0.25, -0.2) is 0 Å². The number of hydrogen-bond acceptors (Lipinski definition) is 14. The van der Waals surface area contributed by atoms with Crippen LogP contribution in [0.25, 0.3) is 0 Å². The van der Waals surface area contributed by atoms with Crippen LogP contribution in [-0.2, 0) is 57.2 Å². The lowest BCUT2D eigenvalue weighted by Gasteiger charge is -2.43. The van der Waals surface area contributed by atoms with E-state index in [9.17, 15) is 43.8 Å². The third-order valence-corrected chi connectivity index (χ3v) is 11.3. The molecule has 370 valence electrons. The molecule has 7 N–H and O–H groups in total. The molecule has 0 aromatic rings. The molecule has 64 heavy (non-hydrogen) atoms. The van der Waals surface area contributed by atoms with E-state index in [1.807, 2.05) is 0 Å². The van der Waals surface area contributed by atoms with Gasteiger partial charge in [-0.1, -0.05) is 117 Å². The Hall–Kier alpha value is -3.87. The minimum atomic E-state index is -1.77. The Balaban J connectivity index is 2.89. The number of aliphatic hydroxyl groups excluding tert-OH is 2. The molecule has 1 aliphatic rings. The Bertz CT molecular complexity index is 1390. The largest absolute Gasteiger partial charge is 0.469 e. The SMILES string of the molecule is CCCCCCCCCCCC(=O)O[C@H](CCCCCCCCCCC)CC(=O)OC[C@H]1OC(O)[C@H](NC(C)=O)[C@H](OC(C)C(=O)N[C@@H](C)C(=O)N[C@H](CCC(=O)OC)C(N)=O)[C@@H]1O. The number of rotatable bonds is 36. The Labute approximate surface area is 380 Å².